The van der Waals surface area contributed by atoms with Gasteiger partial charge in [-0.2, -0.15) is 0 Å². The summed E-state index contributed by atoms with van der Waals surface area (Å²) in [6.07, 6.45) is 0.839. The van der Waals surface area contributed by atoms with E-state index in [0.717, 1.165) is 24.1 Å². The van der Waals surface area contributed by atoms with Crippen molar-refractivity contribution in [2.24, 2.45) is 0 Å². The zero-order chi connectivity index (χ0) is 13.8. The highest BCUT2D eigenvalue weighted by Gasteiger charge is 2.11. The van der Waals surface area contributed by atoms with Gasteiger partial charge < -0.3 is 0 Å². The first-order valence-electron chi connectivity index (χ1n) is 6.02. The lowest BCUT2D eigenvalue weighted by Gasteiger charge is -2.03. The average Bonchev–Trinajstić information content (AvgIpc) is 2.46. The zero-order valence-corrected chi connectivity index (χ0v) is 10.5. The van der Waals surface area contributed by atoms with Gasteiger partial charge >= 0.3 is 0 Å². The van der Waals surface area contributed by atoms with Crippen molar-refractivity contribution >= 4 is 11.7 Å². The van der Waals surface area contributed by atoms with Gasteiger partial charge in [0.2, 0.25) is 0 Å². The van der Waals surface area contributed by atoms with E-state index in [0.29, 0.717) is 0 Å². The zero-order valence-electron chi connectivity index (χ0n) is 10.5. The van der Waals surface area contributed by atoms with E-state index in [1.165, 1.54) is 24.3 Å². The molecule has 0 N–H and O–H groups in total. The third kappa shape index (κ3) is 3.05. The quantitative estimate of drug-likeness (QED) is 0.671. The van der Waals surface area contributed by atoms with E-state index in [-0.39, 0.29) is 11.1 Å². The van der Waals surface area contributed by atoms with Gasteiger partial charge in [-0.05, 0) is 36.2 Å². The molecule has 3 heteroatoms. The third-order valence-corrected chi connectivity index (χ3v) is 2.91. The second-order valence-electron chi connectivity index (χ2n) is 4.19. The molecule has 0 saturated carbocycles. The predicted octanol–water partition coefficient (Wildman–Crippen LogP) is 5.15. The smallest absolute Gasteiger partial charge is 0.166 e. The molecule has 0 aromatic heterocycles. The molecular weight excluding hydrogens is 249 g/mol. The van der Waals surface area contributed by atoms with Gasteiger partial charge in [-0.15, -0.1) is 0 Å². The van der Waals surface area contributed by atoms with Gasteiger partial charge in [-0.3, -0.25) is 0 Å². The molecule has 0 unspecified atom stereocenters. The Balaban J connectivity index is 2.36. The summed E-state index contributed by atoms with van der Waals surface area (Å²) in [6.45, 7) is 1.99. The highest BCUT2D eigenvalue weighted by atomic mass is 19.2. The molecule has 2 rings (SSSR count). The number of hydrogen-bond donors (Lipinski definition) is 0. The molecule has 0 saturated heterocycles. The van der Waals surface area contributed by atoms with E-state index in [4.69, 9.17) is 0 Å². The molecule has 0 amide bonds. The molecule has 0 spiro atoms. The van der Waals surface area contributed by atoms with Crippen molar-refractivity contribution in [3.63, 3.8) is 0 Å². The van der Waals surface area contributed by atoms with Crippen molar-refractivity contribution in [3.8, 4) is 0 Å². The lowest BCUT2D eigenvalue weighted by molar-refractivity contribution is 0.627. The van der Waals surface area contributed by atoms with E-state index in [1.807, 2.05) is 6.92 Å². The van der Waals surface area contributed by atoms with Crippen molar-refractivity contribution in [2.75, 3.05) is 0 Å². The molecule has 19 heavy (non-hydrogen) atoms. The molecule has 0 aliphatic carbocycles. The van der Waals surface area contributed by atoms with Crippen molar-refractivity contribution < 1.29 is 13.2 Å². The molecule has 0 aliphatic rings. The van der Waals surface area contributed by atoms with E-state index in [1.54, 1.807) is 12.1 Å². The summed E-state index contributed by atoms with van der Waals surface area (Å²) >= 11 is 0. The second kappa shape index (κ2) is 5.74. The minimum Gasteiger partial charge on any atom is -0.207 e. The van der Waals surface area contributed by atoms with Crippen LogP contribution in [0, 0.1) is 5.82 Å². The Kier molecular flexibility index (Phi) is 4.05. The molecule has 0 radical (unpaired) electrons. The number of hydrogen-bond acceptors (Lipinski definition) is 0. The van der Waals surface area contributed by atoms with Crippen LogP contribution < -0.4 is 0 Å². The SMILES string of the molecule is CCc1ccc(C(F)=C(F)c2ccc(F)cc2)cc1. The maximum atomic E-state index is 14.0. The molecule has 0 atom stereocenters. The maximum Gasteiger partial charge on any atom is 0.166 e. The number of halogens is 3. The molecule has 0 fully saturated rings. The topological polar surface area (TPSA) is 0 Å². The van der Waals surface area contributed by atoms with Crippen molar-refractivity contribution in [1.29, 1.82) is 0 Å². The fourth-order valence-electron chi connectivity index (χ4n) is 1.74. The van der Waals surface area contributed by atoms with Crippen molar-refractivity contribution in [3.05, 3.63) is 71.0 Å². The van der Waals surface area contributed by atoms with Crippen molar-refractivity contribution in [1.82, 2.24) is 0 Å². The average molecular weight is 262 g/mol. The summed E-state index contributed by atoms with van der Waals surface area (Å²) in [5, 5.41) is 0. The van der Waals surface area contributed by atoms with Gasteiger partial charge in [0.25, 0.3) is 0 Å². The molecule has 0 heterocycles. The minimum absolute atomic E-state index is 0.0264. The number of benzene rings is 2. The Labute approximate surface area is 110 Å². The summed E-state index contributed by atoms with van der Waals surface area (Å²) in [5.74, 6) is -2.40. The van der Waals surface area contributed by atoms with Gasteiger partial charge in [0.1, 0.15) is 5.82 Å². The summed E-state index contributed by atoms with van der Waals surface area (Å²) in [6, 6.07) is 11.2. The Morgan fingerprint density at radius 3 is 1.63 bits per heavy atom. The van der Waals surface area contributed by atoms with Crippen LogP contribution in [0.1, 0.15) is 23.6 Å². The number of rotatable bonds is 3. The van der Waals surface area contributed by atoms with E-state index in [2.05, 4.69) is 0 Å². The second-order valence-corrected chi connectivity index (χ2v) is 4.19. The fourth-order valence-corrected chi connectivity index (χ4v) is 1.74. The molecular formula is C16H13F3. The van der Waals surface area contributed by atoms with Crippen LogP contribution in [-0.4, -0.2) is 0 Å². The highest BCUT2D eigenvalue weighted by molar-refractivity contribution is 5.83. The van der Waals surface area contributed by atoms with E-state index in [9.17, 15) is 13.2 Å². The standard InChI is InChI=1S/C16H13F3/c1-2-11-3-5-12(6-4-11)15(18)16(19)13-7-9-14(17)10-8-13/h3-10H,2H2,1H3. The Bertz CT molecular complexity index is 580. The largest absolute Gasteiger partial charge is 0.207 e. The van der Waals surface area contributed by atoms with Gasteiger partial charge in [-0.1, -0.05) is 31.2 Å². The van der Waals surface area contributed by atoms with E-state index >= 15 is 0 Å². The highest BCUT2D eigenvalue weighted by Crippen LogP contribution is 2.28. The predicted molar refractivity (Wildman–Crippen MR) is 71.3 cm³/mol. The van der Waals surface area contributed by atoms with Gasteiger partial charge in [-0.25, -0.2) is 13.2 Å². The first kappa shape index (κ1) is 13.4. The summed E-state index contributed by atoms with van der Waals surface area (Å²) < 4.78 is 40.6. The molecule has 0 bridgehead atoms. The summed E-state index contributed by atoms with van der Waals surface area (Å²) in [4.78, 5) is 0. The summed E-state index contributed by atoms with van der Waals surface area (Å²) in [7, 11) is 0. The Hall–Kier alpha value is -2.03. The first-order valence-corrected chi connectivity index (χ1v) is 6.02. The summed E-state index contributed by atoms with van der Waals surface area (Å²) in [5.41, 5.74) is 1.26. The third-order valence-electron chi connectivity index (χ3n) is 2.91. The van der Waals surface area contributed by atoms with Crippen molar-refractivity contribution in [2.45, 2.75) is 13.3 Å². The van der Waals surface area contributed by atoms with Crippen LogP contribution in [0.25, 0.3) is 11.7 Å². The van der Waals surface area contributed by atoms with Crippen LogP contribution in [0.4, 0.5) is 13.2 Å². The Morgan fingerprint density at radius 2 is 1.21 bits per heavy atom. The van der Waals surface area contributed by atoms with E-state index < -0.39 is 17.5 Å². The van der Waals surface area contributed by atoms with Gasteiger partial charge in [0.05, 0.1) is 0 Å². The molecule has 2 aromatic rings. The molecule has 2 aromatic carbocycles. The lowest BCUT2D eigenvalue weighted by atomic mass is 10.1. The fraction of sp³-hybridized carbons (Fsp3) is 0.125. The van der Waals surface area contributed by atoms with Crippen LogP contribution in [0.2, 0.25) is 0 Å². The van der Waals surface area contributed by atoms with Crippen LogP contribution in [0.15, 0.2) is 48.5 Å². The normalized spacial score (nSPS) is 12.2. The van der Waals surface area contributed by atoms with Crippen LogP contribution >= 0.6 is 0 Å². The van der Waals surface area contributed by atoms with Gasteiger partial charge in [0.15, 0.2) is 11.7 Å². The first-order chi connectivity index (χ1) is 9.11. The monoisotopic (exact) mass is 262 g/mol. The molecule has 0 nitrogen and oxygen atoms in total. The number of aryl methyl sites for hydroxylation is 1. The van der Waals surface area contributed by atoms with Crippen LogP contribution in [0.3, 0.4) is 0 Å². The van der Waals surface area contributed by atoms with Crippen LogP contribution in [-0.2, 0) is 6.42 Å². The lowest BCUT2D eigenvalue weighted by Crippen LogP contribution is -1.86. The maximum absolute atomic E-state index is 14.0. The molecule has 0 aliphatic heterocycles. The van der Waals surface area contributed by atoms with Crippen LogP contribution in [0.5, 0.6) is 0 Å². The van der Waals surface area contributed by atoms with Gasteiger partial charge in [0, 0.05) is 11.1 Å². The molecule has 98 valence electrons. The minimum atomic E-state index is -0.982. The Morgan fingerprint density at radius 1 is 0.789 bits per heavy atom.